The molecule has 1 aromatic heterocycles. The van der Waals surface area contributed by atoms with Gasteiger partial charge in [0.2, 0.25) is 0 Å². The van der Waals surface area contributed by atoms with Gasteiger partial charge in [-0.3, -0.25) is 4.79 Å². The predicted octanol–water partition coefficient (Wildman–Crippen LogP) is 3.28. The van der Waals surface area contributed by atoms with Crippen LogP contribution in [0.1, 0.15) is 5.56 Å². The van der Waals surface area contributed by atoms with Gasteiger partial charge in [0.1, 0.15) is 5.82 Å². The second kappa shape index (κ2) is 5.85. The lowest BCUT2D eigenvalue weighted by molar-refractivity contribution is 0.626. The van der Waals surface area contributed by atoms with Gasteiger partial charge in [0, 0.05) is 18.0 Å². The summed E-state index contributed by atoms with van der Waals surface area (Å²) in [7, 11) is 0. The van der Waals surface area contributed by atoms with Gasteiger partial charge >= 0.3 is 0 Å². The van der Waals surface area contributed by atoms with Crippen molar-refractivity contribution >= 4 is 5.69 Å². The molecule has 3 rings (SSSR count). The van der Waals surface area contributed by atoms with Gasteiger partial charge in [0.15, 0.2) is 0 Å². The molecule has 0 bridgehead atoms. The highest BCUT2D eigenvalue weighted by Gasteiger charge is 2.03. The Kier molecular flexibility index (Phi) is 3.74. The molecule has 0 aliphatic carbocycles. The van der Waals surface area contributed by atoms with E-state index < -0.39 is 0 Å². The molecule has 2 aromatic carbocycles. The Morgan fingerprint density at radius 1 is 0.864 bits per heavy atom. The van der Waals surface area contributed by atoms with Crippen LogP contribution in [0.5, 0.6) is 0 Å². The third-order valence-corrected chi connectivity index (χ3v) is 3.49. The summed E-state index contributed by atoms with van der Waals surface area (Å²) in [5.74, 6) is -0.285. The molecular formula is C18H15FN2O. The summed E-state index contributed by atoms with van der Waals surface area (Å²) in [6.07, 6.45) is 1.80. The van der Waals surface area contributed by atoms with E-state index in [0.717, 1.165) is 16.7 Å². The van der Waals surface area contributed by atoms with Crippen LogP contribution in [0.4, 0.5) is 10.1 Å². The molecule has 0 fully saturated rings. The van der Waals surface area contributed by atoms with Crippen molar-refractivity contribution in [3.05, 3.63) is 88.6 Å². The van der Waals surface area contributed by atoms with Crippen LogP contribution in [0.3, 0.4) is 0 Å². The van der Waals surface area contributed by atoms with Crippen LogP contribution >= 0.6 is 0 Å². The Balaban J connectivity index is 1.94. The van der Waals surface area contributed by atoms with Crippen molar-refractivity contribution in [2.24, 2.45) is 0 Å². The van der Waals surface area contributed by atoms with Gasteiger partial charge < -0.3 is 10.3 Å². The largest absolute Gasteiger partial charge is 0.399 e. The summed E-state index contributed by atoms with van der Waals surface area (Å²) in [4.78, 5) is 12.0. The van der Waals surface area contributed by atoms with E-state index in [1.807, 2.05) is 24.3 Å². The van der Waals surface area contributed by atoms with Crippen molar-refractivity contribution in [3.8, 4) is 11.1 Å². The molecule has 0 unspecified atom stereocenters. The van der Waals surface area contributed by atoms with Crippen molar-refractivity contribution in [1.82, 2.24) is 4.57 Å². The van der Waals surface area contributed by atoms with Crippen LogP contribution in [0.2, 0.25) is 0 Å². The molecule has 0 saturated heterocycles. The van der Waals surface area contributed by atoms with Crippen molar-refractivity contribution in [3.63, 3.8) is 0 Å². The van der Waals surface area contributed by atoms with Crippen molar-refractivity contribution in [1.29, 1.82) is 0 Å². The number of anilines is 1. The minimum atomic E-state index is -0.285. The van der Waals surface area contributed by atoms with Crippen LogP contribution in [0.25, 0.3) is 11.1 Å². The second-order valence-electron chi connectivity index (χ2n) is 5.13. The highest BCUT2D eigenvalue weighted by Crippen LogP contribution is 2.19. The number of rotatable bonds is 3. The first-order valence-electron chi connectivity index (χ1n) is 6.93. The number of nitrogens with zero attached hydrogens (tertiary/aromatic N) is 1. The number of pyridine rings is 1. The van der Waals surface area contributed by atoms with Crippen molar-refractivity contribution < 1.29 is 4.39 Å². The number of hydrogen-bond acceptors (Lipinski definition) is 2. The van der Waals surface area contributed by atoms with Gasteiger partial charge in [-0.05, 0) is 47.0 Å². The lowest BCUT2D eigenvalue weighted by atomic mass is 10.1. The Morgan fingerprint density at radius 2 is 1.50 bits per heavy atom. The maximum Gasteiger partial charge on any atom is 0.250 e. The molecule has 1 heterocycles. The number of nitrogen functional groups attached to an aromatic ring is 1. The van der Waals surface area contributed by atoms with E-state index in [9.17, 15) is 9.18 Å². The van der Waals surface area contributed by atoms with E-state index in [1.54, 1.807) is 29.0 Å². The molecule has 4 heteroatoms. The van der Waals surface area contributed by atoms with Crippen LogP contribution in [-0.2, 0) is 6.54 Å². The Morgan fingerprint density at radius 3 is 2.18 bits per heavy atom. The average molecular weight is 294 g/mol. The molecule has 3 aromatic rings. The Hall–Kier alpha value is -2.88. The zero-order valence-electron chi connectivity index (χ0n) is 11.9. The summed E-state index contributed by atoms with van der Waals surface area (Å²) in [5.41, 5.74) is 9.08. The molecule has 0 saturated carbocycles. The number of hydrogen-bond donors (Lipinski definition) is 1. The number of nitrogens with two attached hydrogens (primary N) is 1. The number of aromatic nitrogens is 1. The summed E-state index contributed by atoms with van der Waals surface area (Å²) in [6.45, 7) is 0.405. The first-order chi connectivity index (χ1) is 10.6. The van der Waals surface area contributed by atoms with Gasteiger partial charge in [-0.15, -0.1) is 0 Å². The zero-order valence-corrected chi connectivity index (χ0v) is 11.9. The topological polar surface area (TPSA) is 48.0 Å². The minimum Gasteiger partial charge on any atom is -0.399 e. The van der Waals surface area contributed by atoms with Crippen LogP contribution in [-0.4, -0.2) is 4.57 Å². The van der Waals surface area contributed by atoms with E-state index in [1.165, 1.54) is 18.2 Å². The van der Waals surface area contributed by atoms with Gasteiger partial charge in [-0.25, -0.2) is 4.39 Å². The Labute approximate surface area is 127 Å². The van der Waals surface area contributed by atoms with Crippen LogP contribution < -0.4 is 11.3 Å². The van der Waals surface area contributed by atoms with Gasteiger partial charge in [-0.1, -0.05) is 24.3 Å². The Bertz CT molecular complexity index is 836. The monoisotopic (exact) mass is 294 g/mol. The lowest BCUT2D eigenvalue weighted by Crippen LogP contribution is -2.19. The fourth-order valence-corrected chi connectivity index (χ4v) is 2.29. The SMILES string of the molecule is Nc1ccc(-c2ccc(=O)n(Cc3ccc(F)cc3)c2)cc1. The summed E-state index contributed by atoms with van der Waals surface area (Å²) >= 11 is 0. The molecule has 0 radical (unpaired) electrons. The third kappa shape index (κ3) is 3.06. The highest BCUT2D eigenvalue weighted by molar-refractivity contribution is 5.64. The first kappa shape index (κ1) is 14.1. The predicted molar refractivity (Wildman–Crippen MR) is 86.1 cm³/mol. The fourth-order valence-electron chi connectivity index (χ4n) is 2.29. The van der Waals surface area contributed by atoms with Crippen molar-refractivity contribution in [2.45, 2.75) is 6.54 Å². The van der Waals surface area contributed by atoms with Gasteiger partial charge in [0.25, 0.3) is 5.56 Å². The molecule has 0 aliphatic heterocycles. The quantitative estimate of drug-likeness (QED) is 0.754. The fraction of sp³-hybridized carbons (Fsp3) is 0.0556. The molecule has 2 N–H and O–H groups in total. The summed E-state index contributed by atoms with van der Waals surface area (Å²) < 4.78 is 14.6. The minimum absolute atomic E-state index is 0.0940. The maximum atomic E-state index is 12.9. The van der Waals surface area contributed by atoms with Crippen molar-refractivity contribution in [2.75, 3.05) is 5.73 Å². The second-order valence-corrected chi connectivity index (χ2v) is 5.13. The molecule has 22 heavy (non-hydrogen) atoms. The number of benzene rings is 2. The smallest absolute Gasteiger partial charge is 0.250 e. The van der Waals surface area contributed by atoms with E-state index in [2.05, 4.69) is 0 Å². The lowest BCUT2D eigenvalue weighted by Gasteiger charge is -2.09. The van der Waals surface area contributed by atoms with Gasteiger partial charge in [-0.2, -0.15) is 0 Å². The molecule has 3 nitrogen and oxygen atoms in total. The third-order valence-electron chi connectivity index (χ3n) is 3.49. The molecule has 0 atom stereocenters. The van der Waals surface area contributed by atoms with E-state index in [-0.39, 0.29) is 11.4 Å². The molecule has 0 aliphatic rings. The summed E-state index contributed by atoms with van der Waals surface area (Å²) in [5, 5.41) is 0. The van der Waals surface area contributed by atoms with Crippen LogP contribution in [0, 0.1) is 5.82 Å². The zero-order chi connectivity index (χ0) is 15.5. The number of halogens is 1. The van der Waals surface area contributed by atoms with Crippen LogP contribution in [0.15, 0.2) is 71.7 Å². The molecule has 0 spiro atoms. The van der Waals surface area contributed by atoms with Gasteiger partial charge in [0.05, 0.1) is 6.54 Å². The first-order valence-corrected chi connectivity index (χ1v) is 6.93. The maximum absolute atomic E-state index is 12.9. The average Bonchev–Trinajstić information content (AvgIpc) is 2.52. The van der Waals surface area contributed by atoms with E-state index in [4.69, 9.17) is 5.73 Å². The molecule has 110 valence electrons. The molecular weight excluding hydrogens is 279 g/mol. The molecule has 0 amide bonds. The normalized spacial score (nSPS) is 10.6. The van der Waals surface area contributed by atoms with E-state index in [0.29, 0.717) is 12.2 Å². The standard InChI is InChI=1S/C18H15FN2O/c19-16-6-1-13(2-7-16)11-21-12-15(5-10-18(21)22)14-3-8-17(20)9-4-14/h1-10,12H,11,20H2. The summed E-state index contributed by atoms with van der Waals surface area (Å²) in [6, 6.07) is 16.9. The van der Waals surface area contributed by atoms with E-state index >= 15 is 0 Å². The highest BCUT2D eigenvalue weighted by atomic mass is 19.1.